The second-order valence-corrected chi connectivity index (χ2v) is 3.13. The number of hydrogen-bond acceptors (Lipinski definition) is 2. The van der Waals surface area contributed by atoms with Crippen LogP contribution < -0.4 is 10.5 Å². The molecule has 0 aliphatic carbocycles. The van der Waals surface area contributed by atoms with Crippen LogP contribution in [0, 0.1) is 6.92 Å². The molecule has 0 aliphatic heterocycles. The third kappa shape index (κ3) is 2.39. The minimum absolute atomic E-state index is 0.220. The molecule has 0 atom stereocenters. The molecule has 0 bridgehead atoms. The molecule has 0 spiro atoms. The molecule has 0 aliphatic rings. The topological polar surface area (TPSA) is 47.6 Å². The summed E-state index contributed by atoms with van der Waals surface area (Å²) >= 11 is 5.55. The van der Waals surface area contributed by atoms with Crippen molar-refractivity contribution >= 4 is 23.1 Å². The van der Waals surface area contributed by atoms with Crippen molar-refractivity contribution in [3.63, 3.8) is 0 Å². The lowest BCUT2D eigenvalue weighted by Gasteiger charge is -2.07. The molecule has 1 rings (SSSR count). The maximum Gasteiger partial charge on any atom is 0.144 e. The molecule has 0 aromatic heterocycles. The Kier molecular flexibility index (Phi) is 3.77. The fraction of sp³-hybridized carbons (Fsp3) is 0.300. The van der Waals surface area contributed by atoms with Gasteiger partial charge in [0.15, 0.2) is 0 Å². The fourth-order valence-electron chi connectivity index (χ4n) is 1.11. The average Bonchev–Trinajstić information content (AvgIpc) is 2.20. The lowest BCUT2D eigenvalue weighted by atomic mass is 10.2. The second kappa shape index (κ2) is 4.86. The zero-order chi connectivity index (χ0) is 10.6. The zero-order valence-corrected chi connectivity index (χ0v) is 9.01. The van der Waals surface area contributed by atoms with Crippen molar-refractivity contribution in [1.29, 1.82) is 0 Å². The van der Waals surface area contributed by atoms with E-state index >= 15 is 0 Å². The SMILES string of the molecule is COc1cccc(C)c1N=C(N)CCl. The van der Waals surface area contributed by atoms with Crippen LogP contribution in [0.25, 0.3) is 0 Å². The maximum absolute atomic E-state index is 5.56. The van der Waals surface area contributed by atoms with Crippen molar-refractivity contribution in [2.75, 3.05) is 13.0 Å². The molecule has 0 unspecified atom stereocenters. The van der Waals surface area contributed by atoms with Crippen LogP contribution in [0.2, 0.25) is 0 Å². The molecular weight excluding hydrogens is 200 g/mol. The standard InChI is InChI=1S/C10H13ClN2O/c1-7-4-3-5-8(14-2)10(7)13-9(12)6-11/h3-5H,6H2,1-2H3,(H2,12,13). The van der Waals surface area contributed by atoms with Gasteiger partial charge in [0, 0.05) is 0 Å². The van der Waals surface area contributed by atoms with Crippen LogP contribution in [0.15, 0.2) is 23.2 Å². The minimum Gasteiger partial charge on any atom is -0.494 e. The number of alkyl halides is 1. The summed E-state index contributed by atoms with van der Waals surface area (Å²) in [5.41, 5.74) is 7.32. The van der Waals surface area contributed by atoms with Gasteiger partial charge in [0.1, 0.15) is 17.3 Å². The fourth-order valence-corrected chi connectivity index (χ4v) is 1.17. The van der Waals surface area contributed by atoms with Gasteiger partial charge in [-0.25, -0.2) is 4.99 Å². The molecule has 0 heterocycles. The molecule has 1 aromatic carbocycles. The summed E-state index contributed by atoms with van der Waals surface area (Å²) in [6.07, 6.45) is 0. The molecule has 76 valence electrons. The van der Waals surface area contributed by atoms with Gasteiger partial charge in [0.05, 0.1) is 13.0 Å². The summed E-state index contributed by atoms with van der Waals surface area (Å²) in [4.78, 5) is 4.19. The smallest absolute Gasteiger partial charge is 0.144 e. The summed E-state index contributed by atoms with van der Waals surface area (Å²) in [5.74, 6) is 1.31. The Hall–Kier alpha value is -1.22. The molecule has 0 saturated heterocycles. The normalized spacial score (nSPS) is 11.5. The summed E-state index contributed by atoms with van der Waals surface area (Å²) in [6, 6.07) is 5.69. The van der Waals surface area contributed by atoms with E-state index in [1.165, 1.54) is 0 Å². The molecule has 0 saturated carbocycles. The number of methoxy groups -OCH3 is 1. The molecule has 1 aromatic rings. The number of halogens is 1. The van der Waals surface area contributed by atoms with E-state index < -0.39 is 0 Å². The molecule has 0 radical (unpaired) electrons. The van der Waals surface area contributed by atoms with E-state index in [-0.39, 0.29) is 5.88 Å². The largest absolute Gasteiger partial charge is 0.494 e. The first-order chi connectivity index (χ1) is 6.69. The van der Waals surface area contributed by atoms with Crippen LogP contribution in [-0.4, -0.2) is 18.8 Å². The quantitative estimate of drug-likeness (QED) is 0.475. The van der Waals surface area contributed by atoms with Gasteiger partial charge < -0.3 is 10.5 Å². The summed E-state index contributed by atoms with van der Waals surface area (Å²) in [5, 5.41) is 0. The molecule has 14 heavy (non-hydrogen) atoms. The first-order valence-corrected chi connectivity index (χ1v) is 4.75. The molecule has 4 heteroatoms. The molecular formula is C10H13ClN2O. The van der Waals surface area contributed by atoms with Gasteiger partial charge in [0.2, 0.25) is 0 Å². The highest BCUT2D eigenvalue weighted by Crippen LogP contribution is 2.30. The van der Waals surface area contributed by atoms with Crippen molar-refractivity contribution in [2.45, 2.75) is 6.92 Å². The molecule has 0 amide bonds. The van der Waals surface area contributed by atoms with Gasteiger partial charge in [-0.1, -0.05) is 12.1 Å². The molecule has 2 N–H and O–H groups in total. The molecule has 0 fully saturated rings. The van der Waals surface area contributed by atoms with Crippen LogP contribution >= 0.6 is 11.6 Å². The van der Waals surface area contributed by atoms with Crippen molar-refractivity contribution in [3.05, 3.63) is 23.8 Å². The predicted octanol–water partition coefficient (Wildman–Crippen LogP) is 2.23. The summed E-state index contributed by atoms with van der Waals surface area (Å²) in [7, 11) is 1.60. The van der Waals surface area contributed by atoms with Crippen LogP contribution in [-0.2, 0) is 0 Å². The maximum atomic E-state index is 5.56. The van der Waals surface area contributed by atoms with Crippen LogP contribution in [0.4, 0.5) is 5.69 Å². The van der Waals surface area contributed by atoms with E-state index in [1.54, 1.807) is 7.11 Å². The highest BCUT2D eigenvalue weighted by Gasteiger charge is 2.04. The predicted molar refractivity (Wildman–Crippen MR) is 59.7 cm³/mol. The Labute approximate surface area is 88.5 Å². The Morgan fingerprint density at radius 2 is 2.29 bits per heavy atom. The number of nitrogens with two attached hydrogens (primary N) is 1. The van der Waals surface area contributed by atoms with Crippen LogP contribution in [0.3, 0.4) is 0 Å². The van der Waals surface area contributed by atoms with E-state index in [2.05, 4.69) is 4.99 Å². The first-order valence-electron chi connectivity index (χ1n) is 4.21. The third-order valence-corrected chi connectivity index (χ3v) is 2.09. The number of rotatable bonds is 3. The summed E-state index contributed by atoms with van der Waals surface area (Å²) < 4.78 is 5.17. The van der Waals surface area contributed by atoms with Crippen molar-refractivity contribution in [3.8, 4) is 5.75 Å². The van der Waals surface area contributed by atoms with Gasteiger partial charge >= 0.3 is 0 Å². The number of benzene rings is 1. The highest BCUT2D eigenvalue weighted by molar-refractivity contribution is 6.28. The van der Waals surface area contributed by atoms with Crippen molar-refractivity contribution in [2.24, 2.45) is 10.7 Å². The summed E-state index contributed by atoms with van der Waals surface area (Å²) in [6.45, 7) is 1.95. The minimum atomic E-state index is 0.220. The van der Waals surface area contributed by atoms with Crippen molar-refractivity contribution in [1.82, 2.24) is 0 Å². The first kappa shape index (κ1) is 10.9. The number of ether oxygens (including phenoxy) is 1. The zero-order valence-electron chi connectivity index (χ0n) is 8.25. The van der Waals surface area contributed by atoms with Crippen LogP contribution in [0.1, 0.15) is 5.56 Å². The van der Waals surface area contributed by atoms with E-state index in [4.69, 9.17) is 22.1 Å². The second-order valence-electron chi connectivity index (χ2n) is 2.86. The van der Waals surface area contributed by atoms with Crippen LogP contribution in [0.5, 0.6) is 5.75 Å². The van der Waals surface area contributed by atoms with Crippen molar-refractivity contribution < 1.29 is 4.74 Å². The number of para-hydroxylation sites is 1. The monoisotopic (exact) mass is 212 g/mol. The average molecular weight is 213 g/mol. The highest BCUT2D eigenvalue weighted by atomic mass is 35.5. The molecule has 3 nitrogen and oxygen atoms in total. The third-order valence-electron chi connectivity index (χ3n) is 1.81. The Balaban J connectivity index is 3.17. The van der Waals surface area contributed by atoms with Gasteiger partial charge in [-0.2, -0.15) is 0 Å². The lowest BCUT2D eigenvalue weighted by Crippen LogP contribution is -2.12. The van der Waals surface area contributed by atoms with E-state index in [9.17, 15) is 0 Å². The van der Waals surface area contributed by atoms with E-state index in [1.807, 2.05) is 25.1 Å². The number of aryl methyl sites for hydroxylation is 1. The number of nitrogens with zero attached hydrogens (tertiary/aromatic N) is 1. The number of amidine groups is 1. The van der Waals surface area contributed by atoms with Gasteiger partial charge in [-0.3, -0.25) is 0 Å². The number of aliphatic imine (C=N–C) groups is 1. The number of hydrogen-bond donors (Lipinski definition) is 1. The Morgan fingerprint density at radius 3 is 2.86 bits per heavy atom. The van der Waals surface area contributed by atoms with E-state index in [0.717, 1.165) is 11.3 Å². The lowest BCUT2D eigenvalue weighted by molar-refractivity contribution is 0.416. The van der Waals surface area contributed by atoms with Gasteiger partial charge in [-0.15, -0.1) is 11.6 Å². The Bertz CT molecular complexity index is 350. The van der Waals surface area contributed by atoms with Gasteiger partial charge in [0.25, 0.3) is 0 Å². The van der Waals surface area contributed by atoms with Gasteiger partial charge in [-0.05, 0) is 18.6 Å². The Morgan fingerprint density at radius 1 is 1.57 bits per heavy atom. The van der Waals surface area contributed by atoms with E-state index in [0.29, 0.717) is 11.6 Å².